The number of hydrogen-bond acceptors (Lipinski definition) is 3. The summed E-state index contributed by atoms with van der Waals surface area (Å²) in [6.07, 6.45) is 0. The normalized spacial score (nSPS) is 14.5. The third-order valence-electron chi connectivity index (χ3n) is 9.27. The Morgan fingerprint density at radius 1 is 0.628 bits per heavy atom. The van der Waals surface area contributed by atoms with E-state index in [1.54, 1.807) is 0 Å². The summed E-state index contributed by atoms with van der Waals surface area (Å²) in [5, 5.41) is 3.71. The summed E-state index contributed by atoms with van der Waals surface area (Å²) >= 11 is 0. The molecular formula is C39H28BN2O. The number of nitrogens with zero attached hydrogens (tertiary/aromatic N) is 1. The van der Waals surface area contributed by atoms with Gasteiger partial charge < -0.3 is 15.0 Å². The zero-order chi connectivity index (χ0) is 28.7. The van der Waals surface area contributed by atoms with Crippen LogP contribution in [0.4, 0.5) is 28.4 Å². The molecule has 0 spiro atoms. The molecule has 43 heavy (non-hydrogen) atoms. The number of anilines is 5. The molecule has 0 fully saturated rings. The van der Waals surface area contributed by atoms with Gasteiger partial charge in [0, 0.05) is 22.4 Å². The largest absolute Gasteiger partial charge is 0.453 e. The second-order valence-electron chi connectivity index (χ2n) is 12.1. The molecule has 0 aliphatic carbocycles. The first-order valence-corrected chi connectivity index (χ1v) is 14.9. The molecule has 0 aromatic heterocycles. The van der Waals surface area contributed by atoms with Crippen LogP contribution >= 0.6 is 0 Å². The molecule has 0 saturated heterocycles. The van der Waals surface area contributed by atoms with E-state index < -0.39 is 0 Å². The lowest BCUT2D eigenvalue weighted by molar-refractivity contribution is 0.481. The molecule has 0 amide bonds. The maximum Gasteiger partial charge on any atom is 0.197 e. The molecule has 1 radical (unpaired) electrons. The Balaban J connectivity index is 1.34. The minimum Gasteiger partial charge on any atom is -0.453 e. The van der Waals surface area contributed by atoms with Crippen LogP contribution in [0.25, 0.3) is 22.3 Å². The summed E-state index contributed by atoms with van der Waals surface area (Å²) in [5.74, 6) is 1.67. The minimum absolute atomic E-state index is 0.114. The Morgan fingerprint density at radius 3 is 2.28 bits per heavy atom. The third-order valence-corrected chi connectivity index (χ3v) is 9.27. The second-order valence-corrected chi connectivity index (χ2v) is 12.1. The average Bonchev–Trinajstić information content (AvgIpc) is 3.05. The van der Waals surface area contributed by atoms with Gasteiger partial charge in [-0.15, -0.1) is 0 Å². The van der Waals surface area contributed by atoms with Crippen LogP contribution in [0.1, 0.15) is 25.0 Å². The van der Waals surface area contributed by atoms with E-state index in [0.717, 1.165) is 28.4 Å². The van der Waals surface area contributed by atoms with E-state index in [-0.39, 0.29) is 5.41 Å². The molecule has 0 unspecified atom stereocenters. The topological polar surface area (TPSA) is 24.5 Å². The highest BCUT2D eigenvalue weighted by Crippen LogP contribution is 2.53. The van der Waals surface area contributed by atoms with E-state index >= 15 is 0 Å². The van der Waals surface area contributed by atoms with E-state index in [0.29, 0.717) is 0 Å². The Hall–Kier alpha value is -5.22. The smallest absolute Gasteiger partial charge is 0.197 e. The van der Waals surface area contributed by atoms with Gasteiger partial charge in [0.25, 0.3) is 0 Å². The SMILES string of the molecule is CC1(C)c2ccccc2N2c3cc(-c4ccccc4)cc(-c4cccc5c4Nc4ccccc4O5)c3[B]c3cccc1c32. The molecule has 3 aliphatic heterocycles. The van der Waals surface area contributed by atoms with Gasteiger partial charge in [-0.2, -0.15) is 0 Å². The van der Waals surface area contributed by atoms with Gasteiger partial charge in [-0.1, -0.05) is 110 Å². The molecule has 9 rings (SSSR count). The van der Waals surface area contributed by atoms with Crippen molar-refractivity contribution in [2.75, 3.05) is 10.2 Å². The highest BCUT2D eigenvalue weighted by molar-refractivity contribution is 6.73. The van der Waals surface area contributed by atoms with Crippen molar-refractivity contribution >= 4 is 46.6 Å². The predicted octanol–water partition coefficient (Wildman–Crippen LogP) is 8.95. The molecule has 0 saturated carbocycles. The van der Waals surface area contributed by atoms with Crippen LogP contribution in [0.3, 0.4) is 0 Å². The second kappa shape index (κ2) is 8.89. The summed E-state index contributed by atoms with van der Waals surface area (Å²) in [6, 6.07) is 45.5. The van der Waals surface area contributed by atoms with E-state index in [2.05, 4.69) is 134 Å². The molecule has 0 bridgehead atoms. The lowest BCUT2D eigenvalue weighted by atomic mass is 9.55. The Kier molecular flexibility index (Phi) is 5.04. The monoisotopic (exact) mass is 551 g/mol. The first-order chi connectivity index (χ1) is 21.1. The molecular weight excluding hydrogens is 523 g/mol. The van der Waals surface area contributed by atoms with E-state index in [4.69, 9.17) is 4.74 Å². The fourth-order valence-corrected chi connectivity index (χ4v) is 7.18. The van der Waals surface area contributed by atoms with Gasteiger partial charge in [0.2, 0.25) is 0 Å². The molecule has 3 aliphatic rings. The van der Waals surface area contributed by atoms with Crippen LogP contribution in [0.2, 0.25) is 0 Å². The van der Waals surface area contributed by atoms with E-state index in [9.17, 15) is 0 Å². The molecule has 0 atom stereocenters. The lowest BCUT2D eigenvalue weighted by Crippen LogP contribution is -2.45. The van der Waals surface area contributed by atoms with Crippen molar-refractivity contribution in [3.05, 3.63) is 139 Å². The Labute approximate surface area is 252 Å². The van der Waals surface area contributed by atoms with Gasteiger partial charge >= 0.3 is 0 Å². The summed E-state index contributed by atoms with van der Waals surface area (Å²) in [5.41, 5.74) is 15.3. The van der Waals surface area contributed by atoms with Crippen LogP contribution in [0, 0.1) is 0 Å². The molecule has 4 heteroatoms. The fourth-order valence-electron chi connectivity index (χ4n) is 7.18. The van der Waals surface area contributed by atoms with Crippen LogP contribution in [0.15, 0.2) is 127 Å². The first-order valence-electron chi connectivity index (χ1n) is 14.9. The number of fused-ring (bicyclic) bond motifs is 6. The Bertz CT molecular complexity index is 2100. The quantitative estimate of drug-likeness (QED) is 0.217. The summed E-state index contributed by atoms with van der Waals surface area (Å²) < 4.78 is 6.41. The Morgan fingerprint density at radius 2 is 1.37 bits per heavy atom. The van der Waals surface area contributed by atoms with Gasteiger partial charge in [0.05, 0.1) is 17.1 Å². The van der Waals surface area contributed by atoms with Crippen molar-refractivity contribution in [3.63, 3.8) is 0 Å². The molecule has 3 nitrogen and oxygen atoms in total. The van der Waals surface area contributed by atoms with Crippen molar-refractivity contribution in [1.29, 1.82) is 0 Å². The molecule has 6 aromatic carbocycles. The van der Waals surface area contributed by atoms with E-state index in [1.807, 2.05) is 24.3 Å². The summed E-state index contributed by atoms with van der Waals surface area (Å²) in [6.45, 7) is 4.69. The van der Waals surface area contributed by atoms with Gasteiger partial charge in [-0.25, -0.2) is 0 Å². The molecule has 3 heterocycles. The predicted molar refractivity (Wildman–Crippen MR) is 179 cm³/mol. The maximum atomic E-state index is 6.41. The molecule has 1 N–H and O–H groups in total. The number of nitrogens with one attached hydrogen (secondary N) is 1. The third kappa shape index (κ3) is 3.50. The fraction of sp³-hybridized carbons (Fsp3) is 0.0769. The van der Waals surface area contributed by atoms with Crippen LogP contribution < -0.4 is 25.9 Å². The van der Waals surface area contributed by atoms with Gasteiger partial charge in [-0.3, -0.25) is 0 Å². The number of para-hydroxylation sites is 5. The van der Waals surface area contributed by atoms with Crippen LogP contribution in [0.5, 0.6) is 11.5 Å². The van der Waals surface area contributed by atoms with Crippen molar-refractivity contribution in [2.45, 2.75) is 19.3 Å². The number of ether oxygens (including phenoxy) is 1. The summed E-state index contributed by atoms with van der Waals surface area (Å²) in [7, 11) is 2.38. The number of hydrogen-bond donors (Lipinski definition) is 1. The van der Waals surface area contributed by atoms with Crippen molar-refractivity contribution < 1.29 is 4.74 Å². The van der Waals surface area contributed by atoms with Crippen LogP contribution in [-0.4, -0.2) is 7.28 Å². The van der Waals surface area contributed by atoms with Crippen molar-refractivity contribution in [2.24, 2.45) is 0 Å². The highest BCUT2D eigenvalue weighted by Gasteiger charge is 2.41. The van der Waals surface area contributed by atoms with Gasteiger partial charge in [0.15, 0.2) is 18.8 Å². The summed E-state index contributed by atoms with van der Waals surface area (Å²) in [4.78, 5) is 2.51. The maximum absolute atomic E-state index is 6.41. The zero-order valence-electron chi connectivity index (χ0n) is 24.1. The average molecular weight is 551 g/mol. The molecule has 6 aromatic rings. The van der Waals surface area contributed by atoms with Crippen molar-refractivity contribution in [3.8, 4) is 33.8 Å². The number of benzene rings is 6. The number of rotatable bonds is 2. The van der Waals surface area contributed by atoms with Crippen molar-refractivity contribution in [1.82, 2.24) is 0 Å². The molecule has 203 valence electrons. The zero-order valence-corrected chi connectivity index (χ0v) is 24.1. The van der Waals surface area contributed by atoms with Crippen LogP contribution in [-0.2, 0) is 5.41 Å². The minimum atomic E-state index is -0.114. The lowest BCUT2D eigenvalue weighted by Gasteiger charge is -2.46. The highest BCUT2D eigenvalue weighted by atomic mass is 16.5. The van der Waals surface area contributed by atoms with E-state index in [1.165, 1.54) is 55.8 Å². The van der Waals surface area contributed by atoms with Gasteiger partial charge in [-0.05, 0) is 69.7 Å². The standard InChI is InChI=1S/C39H28BN2O/c1-39(2)28-15-6-8-19-32(28)42-33-23-25(24-12-4-3-5-13-24)22-27(36(33)40-30-17-11-16-29(39)38(30)42)26-14-10-21-35-37(26)41-31-18-7-9-20-34(31)43-35/h3-23,41H,1-2H3. The van der Waals surface area contributed by atoms with Gasteiger partial charge in [0.1, 0.15) is 0 Å². The first kappa shape index (κ1) is 24.4.